The summed E-state index contributed by atoms with van der Waals surface area (Å²) in [6, 6.07) is 8.25. The quantitative estimate of drug-likeness (QED) is 0.564. The number of carbonyl (C=O) groups excluding carboxylic acids is 3. The highest BCUT2D eigenvalue weighted by molar-refractivity contribution is 6.04. The number of likely N-dealkylation sites (tertiary alicyclic amines) is 1. The van der Waals surface area contributed by atoms with Gasteiger partial charge in [0.25, 0.3) is 5.91 Å². The van der Waals surface area contributed by atoms with E-state index in [2.05, 4.69) is 10.6 Å². The van der Waals surface area contributed by atoms with Gasteiger partial charge in [-0.15, -0.1) is 0 Å². The number of nitrogens with one attached hydrogen (secondary N) is 2. The normalized spacial score (nSPS) is 16.2. The van der Waals surface area contributed by atoms with Crippen LogP contribution in [0.5, 0.6) is 0 Å². The fraction of sp³-hybridized carbons (Fsp3) is 0.333. The fourth-order valence-electron chi connectivity index (χ4n) is 2.04. The van der Waals surface area contributed by atoms with Crippen LogP contribution in [0.3, 0.4) is 0 Å². The minimum atomic E-state index is -1.10. The number of ether oxygens (including phenoxy) is 1. The Morgan fingerprint density at radius 3 is 2.54 bits per heavy atom. The molecule has 128 valence electrons. The van der Waals surface area contributed by atoms with E-state index in [-0.39, 0.29) is 26.2 Å². The van der Waals surface area contributed by atoms with E-state index in [0.29, 0.717) is 0 Å². The third-order valence-electron chi connectivity index (χ3n) is 3.29. The molecule has 1 aliphatic rings. The zero-order valence-corrected chi connectivity index (χ0v) is 12.7. The molecule has 0 spiro atoms. The Bertz CT molecular complexity index is 633. The molecule has 1 aromatic rings. The highest BCUT2D eigenvalue weighted by atomic mass is 16.5. The van der Waals surface area contributed by atoms with Gasteiger partial charge in [-0.1, -0.05) is 30.3 Å². The second-order valence-electron chi connectivity index (χ2n) is 5.10. The van der Waals surface area contributed by atoms with E-state index in [1.807, 2.05) is 18.2 Å². The Hall–Kier alpha value is -2.94. The second-order valence-corrected chi connectivity index (χ2v) is 5.10. The van der Waals surface area contributed by atoms with Crippen molar-refractivity contribution < 1.29 is 29.0 Å². The third kappa shape index (κ3) is 4.78. The Morgan fingerprint density at radius 2 is 1.92 bits per heavy atom. The number of amides is 3. The minimum absolute atomic E-state index is 0.0346. The van der Waals surface area contributed by atoms with Crippen LogP contribution in [-0.4, -0.2) is 59.6 Å². The van der Waals surface area contributed by atoms with E-state index >= 15 is 0 Å². The molecule has 1 atom stereocenters. The van der Waals surface area contributed by atoms with Crippen LogP contribution in [0, 0.1) is 0 Å². The van der Waals surface area contributed by atoms with E-state index in [1.165, 1.54) is 0 Å². The number of nitrogens with zero attached hydrogens (tertiary/aromatic N) is 1. The summed E-state index contributed by atoms with van der Waals surface area (Å²) in [4.78, 5) is 46.3. The lowest BCUT2D eigenvalue weighted by Gasteiger charge is -2.36. The van der Waals surface area contributed by atoms with Gasteiger partial charge in [0, 0.05) is 0 Å². The summed E-state index contributed by atoms with van der Waals surface area (Å²) < 4.78 is 4.99. The number of carboxylic acid groups (broad SMARTS) is 1. The number of carbonyl (C=O) groups is 4. The fourth-order valence-corrected chi connectivity index (χ4v) is 2.04. The van der Waals surface area contributed by atoms with E-state index < -0.39 is 29.9 Å². The lowest BCUT2D eigenvalue weighted by atomic mass is 10.1. The van der Waals surface area contributed by atoms with Crippen molar-refractivity contribution in [2.45, 2.75) is 12.6 Å². The van der Waals surface area contributed by atoms with Crippen molar-refractivity contribution in [3.05, 3.63) is 35.9 Å². The Balaban J connectivity index is 1.68. The van der Waals surface area contributed by atoms with Gasteiger partial charge < -0.3 is 15.2 Å². The standard InChI is InChI=1S/C15H17N3O6/c19-12(6-16-7-13(20)21)18-8-11(14(18)22)17-15(23)24-9-10-4-2-1-3-5-10/h1-5,11,16H,6-9H2,(H,17,23)(H,20,21). The van der Waals surface area contributed by atoms with E-state index in [0.717, 1.165) is 10.5 Å². The zero-order chi connectivity index (χ0) is 17.5. The minimum Gasteiger partial charge on any atom is -0.480 e. The van der Waals surface area contributed by atoms with Crippen molar-refractivity contribution in [1.29, 1.82) is 0 Å². The Kier molecular flexibility index (Phi) is 5.85. The monoisotopic (exact) mass is 335 g/mol. The van der Waals surface area contributed by atoms with Crippen LogP contribution in [0.2, 0.25) is 0 Å². The van der Waals surface area contributed by atoms with Crippen molar-refractivity contribution in [2.75, 3.05) is 19.6 Å². The van der Waals surface area contributed by atoms with Crippen LogP contribution in [0.4, 0.5) is 4.79 Å². The first-order valence-electron chi connectivity index (χ1n) is 7.21. The summed E-state index contributed by atoms with van der Waals surface area (Å²) >= 11 is 0. The zero-order valence-electron chi connectivity index (χ0n) is 12.7. The number of β-lactam (4-membered cyclic amide) rings is 1. The molecule has 1 aromatic carbocycles. The van der Waals surface area contributed by atoms with Crippen LogP contribution in [0.25, 0.3) is 0 Å². The maximum Gasteiger partial charge on any atom is 0.408 e. The number of hydrogen-bond acceptors (Lipinski definition) is 6. The van der Waals surface area contributed by atoms with Gasteiger partial charge in [-0.05, 0) is 5.56 Å². The summed E-state index contributed by atoms with van der Waals surface area (Å²) in [5, 5.41) is 13.2. The molecule has 0 radical (unpaired) electrons. The molecule has 2 rings (SSSR count). The largest absolute Gasteiger partial charge is 0.480 e. The first kappa shape index (κ1) is 17.4. The number of alkyl carbamates (subject to hydrolysis) is 1. The van der Waals surface area contributed by atoms with Gasteiger partial charge >= 0.3 is 12.1 Å². The molecule has 1 saturated heterocycles. The summed E-state index contributed by atoms with van der Waals surface area (Å²) in [7, 11) is 0. The third-order valence-corrected chi connectivity index (χ3v) is 3.29. The molecule has 0 aliphatic carbocycles. The maximum absolute atomic E-state index is 11.8. The van der Waals surface area contributed by atoms with Gasteiger partial charge in [-0.3, -0.25) is 24.6 Å². The van der Waals surface area contributed by atoms with Crippen molar-refractivity contribution in [3.8, 4) is 0 Å². The summed E-state index contributed by atoms with van der Waals surface area (Å²) in [5.41, 5.74) is 0.814. The van der Waals surface area contributed by atoms with Crippen LogP contribution < -0.4 is 10.6 Å². The molecule has 24 heavy (non-hydrogen) atoms. The molecule has 9 heteroatoms. The molecule has 1 fully saturated rings. The molecule has 0 aromatic heterocycles. The van der Waals surface area contributed by atoms with Crippen LogP contribution in [-0.2, 0) is 25.7 Å². The van der Waals surface area contributed by atoms with Crippen molar-refractivity contribution >= 4 is 23.9 Å². The predicted molar refractivity (Wildman–Crippen MR) is 80.8 cm³/mol. The van der Waals surface area contributed by atoms with E-state index in [9.17, 15) is 19.2 Å². The molecular formula is C15H17N3O6. The molecule has 3 amide bonds. The van der Waals surface area contributed by atoms with Gasteiger partial charge in [0.05, 0.1) is 19.6 Å². The summed E-state index contributed by atoms with van der Waals surface area (Å²) in [6.45, 7) is -0.521. The number of imide groups is 1. The molecule has 1 unspecified atom stereocenters. The first-order valence-corrected chi connectivity index (χ1v) is 7.21. The summed E-state index contributed by atoms with van der Waals surface area (Å²) in [6.07, 6.45) is -0.742. The van der Waals surface area contributed by atoms with Crippen LogP contribution >= 0.6 is 0 Å². The average Bonchev–Trinajstić information content (AvgIpc) is 2.56. The summed E-state index contributed by atoms with van der Waals surface area (Å²) in [5.74, 6) is -2.19. The van der Waals surface area contributed by atoms with Crippen molar-refractivity contribution in [2.24, 2.45) is 0 Å². The molecule has 3 N–H and O–H groups in total. The van der Waals surface area contributed by atoms with Gasteiger partial charge in [0.15, 0.2) is 0 Å². The molecular weight excluding hydrogens is 318 g/mol. The number of hydrogen-bond donors (Lipinski definition) is 3. The molecule has 0 bridgehead atoms. The van der Waals surface area contributed by atoms with Gasteiger partial charge in [0.1, 0.15) is 12.6 Å². The first-order chi connectivity index (χ1) is 11.5. The van der Waals surface area contributed by atoms with Gasteiger partial charge in [0.2, 0.25) is 5.91 Å². The molecule has 9 nitrogen and oxygen atoms in total. The SMILES string of the molecule is O=C(O)CNCC(=O)N1CC(NC(=O)OCc2ccccc2)C1=O. The van der Waals surface area contributed by atoms with E-state index in [4.69, 9.17) is 9.84 Å². The lowest BCUT2D eigenvalue weighted by Crippen LogP contribution is -2.66. The lowest BCUT2D eigenvalue weighted by molar-refractivity contribution is -0.154. The van der Waals surface area contributed by atoms with Gasteiger partial charge in [-0.25, -0.2) is 4.79 Å². The average molecular weight is 335 g/mol. The number of carboxylic acids is 1. The number of rotatable bonds is 7. The van der Waals surface area contributed by atoms with Crippen molar-refractivity contribution in [3.63, 3.8) is 0 Å². The number of aliphatic carboxylic acids is 1. The van der Waals surface area contributed by atoms with Crippen LogP contribution in [0.1, 0.15) is 5.56 Å². The highest BCUT2D eigenvalue weighted by Crippen LogP contribution is 2.10. The Morgan fingerprint density at radius 1 is 1.21 bits per heavy atom. The number of benzene rings is 1. The maximum atomic E-state index is 11.8. The predicted octanol–water partition coefficient (Wildman–Crippen LogP) is -0.676. The van der Waals surface area contributed by atoms with Crippen molar-refractivity contribution in [1.82, 2.24) is 15.5 Å². The second kappa shape index (κ2) is 8.06. The topological polar surface area (TPSA) is 125 Å². The molecule has 1 heterocycles. The van der Waals surface area contributed by atoms with Crippen LogP contribution in [0.15, 0.2) is 30.3 Å². The van der Waals surface area contributed by atoms with E-state index in [1.54, 1.807) is 12.1 Å². The molecule has 0 saturated carbocycles. The Labute approximate surface area is 137 Å². The smallest absolute Gasteiger partial charge is 0.408 e. The van der Waals surface area contributed by atoms with Gasteiger partial charge in [-0.2, -0.15) is 0 Å². The molecule has 1 aliphatic heterocycles. The highest BCUT2D eigenvalue weighted by Gasteiger charge is 2.41.